The highest BCUT2D eigenvalue weighted by Crippen LogP contribution is 2.27. The van der Waals surface area contributed by atoms with Crippen molar-refractivity contribution in [3.63, 3.8) is 0 Å². The monoisotopic (exact) mass is 660 g/mol. The van der Waals surface area contributed by atoms with Crippen molar-refractivity contribution in [3.8, 4) is 11.5 Å². The molecule has 0 spiro atoms. The number of carbonyl (C=O) groups is 1. The fourth-order valence-corrected chi connectivity index (χ4v) is 4.90. The molecular formula is C33H35F3N2O7S. The van der Waals surface area contributed by atoms with E-state index in [9.17, 15) is 31.8 Å². The molecule has 0 aliphatic rings. The number of hydrogen-bond acceptors (Lipinski definition) is 7. The Balaban J connectivity index is 0.000000738. The number of aromatic hydroxyl groups is 1. The standard InChI is InChI=1S/C31H34N2O5S.C2HF3O2/c1-39(36,37)33-30-19-25(15-16-31(30)35)17-27(34)21-32-29(18-23-9-4-2-5-10-23)26-13-8-14-28(20-26)38-22-24-11-6-3-7-12-24;3-2(4,5)1(6)7/h2-16,19-20,27,29,32-35H,17-18,21-22H2,1H3;(H,6,7)/t27-,29?;/m0./s1. The summed E-state index contributed by atoms with van der Waals surface area (Å²) in [6.45, 7) is 0.783. The number of hydrogen-bond donors (Lipinski definition) is 5. The first-order chi connectivity index (χ1) is 21.7. The lowest BCUT2D eigenvalue weighted by Gasteiger charge is -2.22. The fraction of sp³-hybridized carbons (Fsp3) is 0.242. The van der Waals surface area contributed by atoms with Crippen LogP contribution >= 0.6 is 0 Å². The van der Waals surface area contributed by atoms with Gasteiger partial charge in [-0.05, 0) is 59.4 Å². The second kappa shape index (κ2) is 16.6. The average molecular weight is 661 g/mol. The number of phenolic OH excluding ortho intramolecular Hbond substituents is 1. The van der Waals surface area contributed by atoms with Gasteiger partial charge in [-0.15, -0.1) is 0 Å². The molecule has 4 rings (SSSR count). The van der Waals surface area contributed by atoms with Gasteiger partial charge in [0.15, 0.2) is 0 Å². The second-order valence-corrected chi connectivity index (χ2v) is 12.1. The topological polar surface area (TPSA) is 145 Å². The van der Waals surface area contributed by atoms with Crippen molar-refractivity contribution in [1.82, 2.24) is 5.32 Å². The number of carboxylic acid groups (broad SMARTS) is 1. The number of aliphatic hydroxyl groups excluding tert-OH is 1. The fourth-order valence-electron chi connectivity index (χ4n) is 4.33. The zero-order chi connectivity index (χ0) is 33.7. The zero-order valence-corrected chi connectivity index (χ0v) is 25.6. The summed E-state index contributed by atoms with van der Waals surface area (Å²) in [4.78, 5) is 8.90. The number of halogens is 3. The molecular weight excluding hydrogens is 625 g/mol. The van der Waals surface area contributed by atoms with Gasteiger partial charge >= 0.3 is 12.1 Å². The summed E-state index contributed by atoms with van der Waals surface area (Å²) >= 11 is 0. The van der Waals surface area contributed by atoms with Gasteiger partial charge in [0.2, 0.25) is 10.0 Å². The van der Waals surface area contributed by atoms with Crippen LogP contribution in [0.3, 0.4) is 0 Å². The van der Waals surface area contributed by atoms with E-state index in [1.807, 2.05) is 72.8 Å². The van der Waals surface area contributed by atoms with Gasteiger partial charge in [0.05, 0.1) is 18.0 Å². The van der Waals surface area contributed by atoms with E-state index in [4.69, 9.17) is 14.6 Å². The van der Waals surface area contributed by atoms with E-state index >= 15 is 0 Å². The molecule has 4 aromatic rings. The van der Waals surface area contributed by atoms with Crippen molar-refractivity contribution in [2.24, 2.45) is 0 Å². The lowest BCUT2D eigenvalue weighted by atomic mass is 9.98. The number of ether oxygens (including phenoxy) is 1. The Kier molecular flexibility index (Phi) is 13.0. The predicted molar refractivity (Wildman–Crippen MR) is 168 cm³/mol. The summed E-state index contributed by atoms with van der Waals surface area (Å²) in [5.41, 5.74) is 4.08. The molecule has 0 amide bonds. The van der Waals surface area contributed by atoms with Gasteiger partial charge in [-0.25, -0.2) is 13.2 Å². The summed E-state index contributed by atoms with van der Waals surface area (Å²) in [6.07, 6.45) is -3.80. The van der Waals surface area contributed by atoms with Crippen LogP contribution in [0.25, 0.3) is 0 Å². The van der Waals surface area contributed by atoms with Gasteiger partial charge in [-0.1, -0.05) is 78.9 Å². The van der Waals surface area contributed by atoms with Gasteiger partial charge in [0, 0.05) is 12.6 Å². The lowest BCUT2D eigenvalue weighted by Crippen LogP contribution is -2.32. The zero-order valence-electron chi connectivity index (χ0n) is 24.8. The van der Waals surface area contributed by atoms with Crippen LogP contribution in [-0.4, -0.2) is 54.8 Å². The molecule has 0 aliphatic carbocycles. The number of anilines is 1. The van der Waals surface area contributed by atoms with E-state index in [0.29, 0.717) is 18.7 Å². The first-order valence-corrected chi connectivity index (χ1v) is 15.9. The number of carboxylic acids is 1. The average Bonchev–Trinajstić information content (AvgIpc) is 3.00. The van der Waals surface area contributed by atoms with E-state index < -0.39 is 28.3 Å². The number of rotatable bonds is 13. The van der Waals surface area contributed by atoms with Crippen molar-refractivity contribution < 1.29 is 46.4 Å². The number of sulfonamides is 1. The summed E-state index contributed by atoms with van der Waals surface area (Å²) in [7, 11) is -3.55. The van der Waals surface area contributed by atoms with Crippen molar-refractivity contribution in [2.45, 2.75) is 37.8 Å². The first-order valence-electron chi connectivity index (χ1n) is 14.0. The Labute approximate surface area is 265 Å². The van der Waals surface area contributed by atoms with E-state index in [2.05, 4.69) is 22.2 Å². The van der Waals surface area contributed by atoms with Gasteiger partial charge in [-0.2, -0.15) is 13.2 Å². The Morgan fingerprint density at radius 2 is 1.46 bits per heavy atom. The molecule has 0 aliphatic heterocycles. The van der Waals surface area contributed by atoms with Gasteiger partial charge < -0.3 is 25.4 Å². The molecule has 0 bridgehead atoms. The number of aliphatic hydroxyl groups is 1. The minimum Gasteiger partial charge on any atom is -0.506 e. The highest BCUT2D eigenvalue weighted by atomic mass is 32.2. The van der Waals surface area contributed by atoms with Crippen LogP contribution < -0.4 is 14.8 Å². The molecule has 0 saturated carbocycles. The molecule has 0 radical (unpaired) electrons. The van der Waals surface area contributed by atoms with Crippen molar-refractivity contribution in [2.75, 3.05) is 17.5 Å². The molecule has 0 heterocycles. The van der Waals surface area contributed by atoms with Gasteiger partial charge in [0.25, 0.3) is 0 Å². The lowest BCUT2D eigenvalue weighted by molar-refractivity contribution is -0.192. The molecule has 0 aromatic heterocycles. The third-order valence-corrected chi connectivity index (χ3v) is 7.05. The summed E-state index contributed by atoms with van der Waals surface area (Å²) < 4.78 is 63.3. The summed E-state index contributed by atoms with van der Waals surface area (Å²) in [5, 5.41) is 31.5. The molecule has 46 heavy (non-hydrogen) atoms. The number of aliphatic carboxylic acids is 1. The van der Waals surface area contributed by atoms with Crippen LogP contribution in [0.15, 0.2) is 103 Å². The van der Waals surface area contributed by atoms with Crippen LogP contribution in [0.4, 0.5) is 18.9 Å². The number of nitrogens with one attached hydrogen (secondary N) is 2. The van der Waals surface area contributed by atoms with Gasteiger partial charge in [-0.3, -0.25) is 4.72 Å². The highest BCUT2D eigenvalue weighted by molar-refractivity contribution is 7.92. The molecule has 13 heteroatoms. The predicted octanol–water partition coefficient (Wildman–Crippen LogP) is 5.45. The maximum atomic E-state index is 11.6. The van der Waals surface area contributed by atoms with Crippen LogP contribution in [0.2, 0.25) is 0 Å². The van der Waals surface area contributed by atoms with Crippen LogP contribution in [-0.2, 0) is 34.3 Å². The SMILES string of the molecule is CS(=O)(=O)Nc1cc(C[C@H](O)CNC(Cc2ccccc2)c2cccc(OCc3ccccc3)c2)ccc1O.O=C(O)C(F)(F)F. The Hall–Kier alpha value is -4.59. The largest absolute Gasteiger partial charge is 0.506 e. The minimum absolute atomic E-state index is 0.0791. The van der Waals surface area contributed by atoms with E-state index in [0.717, 1.165) is 35.1 Å². The van der Waals surface area contributed by atoms with Crippen molar-refractivity contribution >= 4 is 21.7 Å². The molecule has 9 nitrogen and oxygen atoms in total. The number of alkyl halides is 3. The highest BCUT2D eigenvalue weighted by Gasteiger charge is 2.38. The molecule has 0 saturated heterocycles. The Morgan fingerprint density at radius 1 is 0.848 bits per heavy atom. The molecule has 5 N–H and O–H groups in total. The Bertz CT molecular complexity index is 1660. The van der Waals surface area contributed by atoms with Crippen LogP contribution in [0.5, 0.6) is 11.5 Å². The number of benzene rings is 4. The maximum Gasteiger partial charge on any atom is 0.490 e. The summed E-state index contributed by atoms with van der Waals surface area (Å²) in [5.74, 6) is -2.16. The summed E-state index contributed by atoms with van der Waals surface area (Å²) in [6, 6.07) is 32.7. The number of phenols is 1. The van der Waals surface area contributed by atoms with Crippen LogP contribution in [0.1, 0.15) is 28.3 Å². The van der Waals surface area contributed by atoms with E-state index in [1.54, 1.807) is 6.07 Å². The molecule has 246 valence electrons. The second-order valence-electron chi connectivity index (χ2n) is 10.4. The maximum absolute atomic E-state index is 11.6. The smallest absolute Gasteiger partial charge is 0.490 e. The van der Waals surface area contributed by atoms with Crippen molar-refractivity contribution in [1.29, 1.82) is 0 Å². The molecule has 4 aromatic carbocycles. The van der Waals surface area contributed by atoms with Gasteiger partial charge in [0.1, 0.15) is 18.1 Å². The van der Waals surface area contributed by atoms with E-state index in [-0.39, 0.29) is 23.9 Å². The van der Waals surface area contributed by atoms with Crippen LogP contribution in [0, 0.1) is 0 Å². The third kappa shape index (κ3) is 12.8. The quantitative estimate of drug-likeness (QED) is 0.119. The third-order valence-electron chi connectivity index (χ3n) is 6.46. The Morgan fingerprint density at radius 3 is 2.04 bits per heavy atom. The normalized spacial score (nSPS) is 12.7. The first kappa shape index (κ1) is 35.9. The van der Waals surface area contributed by atoms with E-state index in [1.165, 1.54) is 12.1 Å². The molecule has 0 fully saturated rings. The molecule has 1 unspecified atom stereocenters. The van der Waals surface area contributed by atoms with Crippen molar-refractivity contribution in [3.05, 3.63) is 125 Å². The molecule has 2 atom stereocenters. The minimum atomic E-state index is -5.08.